The molecule has 10 heteroatoms. The van der Waals surface area contributed by atoms with E-state index in [2.05, 4.69) is 14.9 Å². The normalized spacial score (nSPS) is 11.2. The van der Waals surface area contributed by atoms with Gasteiger partial charge in [-0.05, 0) is 12.1 Å². The molecule has 0 bridgehead atoms. The zero-order chi connectivity index (χ0) is 15.6. The fourth-order valence-electron chi connectivity index (χ4n) is 1.46. The number of ether oxygens (including phenoxy) is 1. The summed E-state index contributed by atoms with van der Waals surface area (Å²) in [7, 11) is 0. The maximum absolute atomic E-state index is 12.7. The van der Waals surface area contributed by atoms with Crippen molar-refractivity contribution in [1.82, 2.24) is 15.4 Å². The van der Waals surface area contributed by atoms with E-state index >= 15 is 0 Å². The van der Waals surface area contributed by atoms with Crippen LogP contribution in [0, 0.1) is 0 Å². The molecule has 0 atom stereocenters. The lowest BCUT2D eigenvalue weighted by Gasteiger charge is -2.11. The van der Waals surface area contributed by atoms with Crippen molar-refractivity contribution in [3.8, 4) is 5.75 Å². The largest absolute Gasteiger partial charge is 0.476 e. The third-order valence-corrected chi connectivity index (χ3v) is 2.34. The fourth-order valence-corrected chi connectivity index (χ4v) is 1.46. The van der Waals surface area contributed by atoms with Gasteiger partial charge in [0.15, 0.2) is 0 Å². The minimum atomic E-state index is -4.73. The van der Waals surface area contributed by atoms with Crippen LogP contribution in [0.15, 0.2) is 24.3 Å². The minimum Gasteiger partial charge on any atom is -0.476 e. The molecule has 0 spiro atoms. The second kappa shape index (κ2) is 5.23. The number of aromatic amines is 1. The lowest BCUT2D eigenvalue weighted by atomic mass is 10.2. The Morgan fingerprint density at radius 1 is 1.14 bits per heavy atom. The molecule has 1 heterocycles. The summed E-state index contributed by atoms with van der Waals surface area (Å²) in [5.74, 6) is -3.69. The van der Waals surface area contributed by atoms with Gasteiger partial charge in [-0.25, -0.2) is 9.59 Å². The van der Waals surface area contributed by atoms with E-state index in [0.717, 1.165) is 18.2 Å². The summed E-state index contributed by atoms with van der Waals surface area (Å²) in [6, 6.07) is 4.02. The standard InChI is InChI=1S/C11H6F3N3O4/c12-11(13,14)5-3-1-2-4-6(5)21-10(20)8-7(9(18)19)15-17-16-8/h1-4H,(H,18,19)(H,15,16,17). The number of nitrogens with one attached hydrogen (secondary N) is 1. The highest BCUT2D eigenvalue weighted by molar-refractivity contribution is 6.00. The Morgan fingerprint density at radius 2 is 1.76 bits per heavy atom. The van der Waals surface area contributed by atoms with Crippen molar-refractivity contribution in [2.75, 3.05) is 0 Å². The number of carbonyl (C=O) groups is 2. The number of rotatable bonds is 3. The zero-order valence-corrected chi connectivity index (χ0v) is 10.0. The molecule has 7 nitrogen and oxygen atoms in total. The number of alkyl halides is 3. The molecule has 1 aromatic carbocycles. The van der Waals surface area contributed by atoms with Gasteiger partial charge in [0.25, 0.3) is 0 Å². The predicted molar refractivity (Wildman–Crippen MR) is 59.7 cm³/mol. The maximum Gasteiger partial charge on any atom is 0.419 e. The number of carboxylic acid groups (broad SMARTS) is 1. The van der Waals surface area contributed by atoms with Crippen LogP contribution < -0.4 is 4.74 Å². The molecule has 0 unspecified atom stereocenters. The van der Waals surface area contributed by atoms with Gasteiger partial charge < -0.3 is 9.84 Å². The molecule has 0 aliphatic heterocycles. The highest BCUT2D eigenvalue weighted by Crippen LogP contribution is 2.36. The number of nitrogens with zero attached hydrogens (tertiary/aromatic N) is 2. The van der Waals surface area contributed by atoms with E-state index in [0.29, 0.717) is 0 Å². The van der Waals surface area contributed by atoms with Crippen molar-refractivity contribution >= 4 is 11.9 Å². The van der Waals surface area contributed by atoms with Gasteiger partial charge in [-0.1, -0.05) is 12.1 Å². The Hall–Kier alpha value is -2.91. The van der Waals surface area contributed by atoms with E-state index in [1.54, 1.807) is 0 Å². The van der Waals surface area contributed by atoms with Crippen molar-refractivity contribution in [3.63, 3.8) is 0 Å². The van der Waals surface area contributed by atoms with Crippen molar-refractivity contribution in [1.29, 1.82) is 0 Å². The maximum atomic E-state index is 12.7. The average molecular weight is 301 g/mol. The van der Waals surface area contributed by atoms with E-state index in [9.17, 15) is 22.8 Å². The molecule has 2 N–H and O–H groups in total. The lowest BCUT2D eigenvalue weighted by Crippen LogP contribution is -2.16. The number of hydrogen-bond donors (Lipinski definition) is 2. The first-order valence-corrected chi connectivity index (χ1v) is 5.33. The fraction of sp³-hybridized carbons (Fsp3) is 0.0909. The number of para-hydroxylation sites is 1. The van der Waals surface area contributed by atoms with Crippen molar-refractivity contribution < 1.29 is 32.6 Å². The minimum absolute atomic E-state index is 0.723. The molecule has 2 rings (SSSR count). The number of carboxylic acids is 1. The van der Waals surface area contributed by atoms with Crippen LogP contribution in [0.3, 0.4) is 0 Å². The van der Waals surface area contributed by atoms with E-state index in [-0.39, 0.29) is 0 Å². The molecular formula is C11H6F3N3O4. The Labute approximate surface area is 114 Å². The van der Waals surface area contributed by atoms with Gasteiger partial charge >= 0.3 is 18.1 Å². The number of carbonyl (C=O) groups excluding carboxylic acids is 1. The molecule has 2 aromatic rings. The Balaban J connectivity index is 2.33. The van der Waals surface area contributed by atoms with Crippen molar-refractivity contribution in [2.24, 2.45) is 0 Å². The van der Waals surface area contributed by atoms with Gasteiger partial charge in [0.1, 0.15) is 5.75 Å². The Bertz CT molecular complexity index is 696. The van der Waals surface area contributed by atoms with Gasteiger partial charge in [0, 0.05) is 0 Å². The second-order valence-electron chi connectivity index (χ2n) is 3.71. The van der Waals surface area contributed by atoms with Gasteiger partial charge in [-0.15, -0.1) is 10.2 Å². The quantitative estimate of drug-likeness (QED) is 0.661. The third-order valence-electron chi connectivity index (χ3n) is 2.34. The van der Waals surface area contributed by atoms with Gasteiger partial charge in [-0.3, -0.25) is 0 Å². The van der Waals surface area contributed by atoms with Gasteiger partial charge in [0.2, 0.25) is 11.4 Å². The molecule has 0 saturated heterocycles. The van der Waals surface area contributed by atoms with E-state index in [1.165, 1.54) is 6.07 Å². The number of aromatic nitrogens is 3. The topological polar surface area (TPSA) is 105 Å². The molecule has 21 heavy (non-hydrogen) atoms. The highest BCUT2D eigenvalue weighted by Gasteiger charge is 2.35. The monoisotopic (exact) mass is 301 g/mol. The van der Waals surface area contributed by atoms with Crippen LogP contribution in [0.1, 0.15) is 26.5 Å². The zero-order valence-electron chi connectivity index (χ0n) is 10.0. The summed E-state index contributed by atoms with van der Waals surface area (Å²) in [6.45, 7) is 0. The number of benzene rings is 1. The van der Waals surface area contributed by atoms with Crippen molar-refractivity contribution in [2.45, 2.75) is 6.18 Å². The Morgan fingerprint density at radius 3 is 2.38 bits per heavy atom. The molecule has 0 aliphatic carbocycles. The highest BCUT2D eigenvalue weighted by atomic mass is 19.4. The van der Waals surface area contributed by atoms with E-state index in [1.807, 2.05) is 5.21 Å². The molecule has 0 fully saturated rings. The molecule has 0 radical (unpaired) electrons. The summed E-state index contributed by atoms with van der Waals surface area (Å²) in [4.78, 5) is 22.5. The molecular weight excluding hydrogens is 295 g/mol. The SMILES string of the molecule is O=C(O)c1n[nH]nc1C(=O)Oc1ccccc1C(F)(F)F. The number of halogens is 3. The first kappa shape index (κ1) is 14.5. The van der Waals surface area contributed by atoms with Gasteiger partial charge in [-0.2, -0.15) is 18.4 Å². The number of esters is 1. The number of H-pyrrole nitrogens is 1. The Kier molecular flexibility index (Phi) is 3.61. The summed E-state index contributed by atoms with van der Waals surface area (Å²) in [5, 5.41) is 17.1. The summed E-state index contributed by atoms with van der Waals surface area (Å²) < 4.78 is 42.8. The van der Waals surface area contributed by atoms with Crippen LogP contribution in [-0.2, 0) is 6.18 Å². The molecule has 0 saturated carbocycles. The van der Waals surface area contributed by atoms with E-state index in [4.69, 9.17) is 5.11 Å². The van der Waals surface area contributed by atoms with Gasteiger partial charge in [0.05, 0.1) is 5.56 Å². The predicted octanol–water partition coefficient (Wildman–Crippen LogP) is 1.74. The summed E-state index contributed by atoms with van der Waals surface area (Å²) in [6.07, 6.45) is -4.73. The summed E-state index contributed by atoms with van der Waals surface area (Å²) in [5.41, 5.74) is -2.64. The first-order chi connectivity index (χ1) is 9.80. The van der Waals surface area contributed by atoms with Crippen molar-refractivity contribution in [3.05, 3.63) is 41.2 Å². The van der Waals surface area contributed by atoms with Crippen LogP contribution in [0.5, 0.6) is 5.75 Å². The molecule has 110 valence electrons. The van der Waals surface area contributed by atoms with Crippen LogP contribution in [0.25, 0.3) is 0 Å². The number of hydrogen-bond acceptors (Lipinski definition) is 5. The van der Waals surface area contributed by atoms with E-state index < -0.39 is 40.8 Å². The summed E-state index contributed by atoms with van der Waals surface area (Å²) >= 11 is 0. The molecule has 0 aliphatic rings. The lowest BCUT2D eigenvalue weighted by molar-refractivity contribution is -0.138. The number of aromatic carboxylic acids is 1. The third kappa shape index (κ3) is 2.99. The van der Waals surface area contributed by atoms with Crippen LogP contribution >= 0.6 is 0 Å². The second-order valence-corrected chi connectivity index (χ2v) is 3.71. The van der Waals surface area contributed by atoms with Crippen LogP contribution in [0.4, 0.5) is 13.2 Å². The smallest absolute Gasteiger partial charge is 0.419 e. The molecule has 1 aromatic heterocycles. The average Bonchev–Trinajstić information content (AvgIpc) is 2.87. The van der Waals surface area contributed by atoms with Crippen LogP contribution in [-0.4, -0.2) is 32.5 Å². The first-order valence-electron chi connectivity index (χ1n) is 5.33. The molecule has 0 amide bonds. The van der Waals surface area contributed by atoms with Crippen LogP contribution in [0.2, 0.25) is 0 Å².